The maximum Gasteiger partial charge on any atom is 0.254 e. The molecule has 8 rings (SSSR count). The number of hydrazone groups is 1. The smallest absolute Gasteiger partial charge is 0.254 e. The average Bonchev–Trinajstić information content (AvgIpc) is 3.50. The zero-order chi connectivity index (χ0) is 25.3. The van der Waals surface area contributed by atoms with Gasteiger partial charge >= 0.3 is 0 Å². The van der Waals surface area contributed by atoms with Crippen molar-refractivity contribution >= 4 is 29.6 Å². The number of methoxy groups -OCH3 is 1. The predicted octanol–water partition coefficient (Wildman–Crippen LogP) is 5.83. The summed E-state index contributed by atoms with van der Waals surface area (Å²) in [5, 5.41) is 5.92. The summed E-state index contributed by atoms with van der Waals surface area (Å²) in [6, 6.07) is 25.1. The van der Waals surface area contributed by atoms with Crippen LogP contribution in [0, 0.1) is 11.8 Å². The molecule has 37 heavy (non-hydrogen) atoms. The summed E-state index contributed by atoms with van der Waals surface area (Å²) in [5.41, 5.74) is 5.22. The molecular weight excluding hydrogens is 488 g/mol. The van der Waals surface area contributed by atoms with Crippen LogP contribution in [0.4, 0.5) is 0 Å². The molecule has 3 aromatic carbocycles. The van der Waals surface area contributed by atoms with Crippen LogP contribution in [0.15, 0.2) is 88.4 Å². The molecule has 7 heteroatoms. The van der Waals surface area contributed by atoms with Crippen LogP contribution in [-0.4, -0.2) is 30.1 Å². The van der Waals surface area contributed by atoms with E-state index in [0.717, 1.165) is 27.3 Å². The topological polar surface area (TPSA) is 72.1 Å². The van der Waals surface area contributed by atoms with Crippen LogP contribution in [0.2, 0.25) is 5.02 Å². The van der Waals surface area contributed by atoms with E-state index in [9.17, 15) is 9.59 Å². The minimum atomic E-state index is -0.470. The number of nitrogens with zero attached hydrogens (tertiary/aromatic N) is 2. The zero-order valence-electron chi connectivity index (χ0n) is 19.8. The largest absolute Gasteiger partial charge is 0.496 e. The average molecular weight is 509 g/mol. The molecule has 2 heterocycles. The van der Waals surface area contributed by atoms with Gasteiger partial charge in [0.15, 0.2) is 0 Å². The van der Waals surface area contributed by atoms with Crippen molar-refractivity contribution in [3.05, 3.63) is 112 Å². The molecule has 1 aromatic heterocycles. The fourth-order valence-electron chi connectivity index (χ4n) is 6.33. The normalized spacial score (nSPS) is 23.4. The van der Waals surface area contributed by atoms with E-state index >= 15 is 0 Å². The maximum atomic E-state index is 13.7. The van der Waals surface area contributed by atoms with E-state index in [1.807, 2.05) is 24.3 Å². The van der Waals surface area contributed by atoms with Gasteiger partial charge in [-0.25, -0.2) is 0 Å². The van der Waals surface area contributed by atoms with E-state index in [1.54, 1.807) is 37.4 Å². The van der Waals surface area contributed by atoms with Crippen LogP contribution >= 0.6 is 11.6 Å². The molecule has 2 atom stereocenters. The highest BCUT2D eigenvalue weighted by Gasteiger charge is 2.61. The second kappa shape index (κ2) is 8.18. The number of furan rings is 1. The van der Waals surface area contributed by atoms with Crippen molar-refractivity contribution in [2.24, 2.45) is 16.9 Å². The fraction of sp³-hybridized carbons (Fsp3) is 0.167. The number of ether oxygens (including phenoxy) is 1. The van der Waals surface area contributed by atoms with Crippen LogP contribution in [0.25, 0.3) is 11.3 Å². The Hall–Kier alpha value is -4.16. The van der Waals surface area contributed by atoms with Gasteiger partial charge in [-0.05, 0) is 52.6 Å². The van der Waals surface area contributed by atoms with Crippen molar-refractivity contribution in [1.29, 1.82) is 0 Å². The van der Waals surface area contributed by atoms with Gasteiger partial charge in [0.25, 0.3) is 11.8 Å². The molecular formula is C30H21ClN2O4. The van der Waals surface area contributed by atoms with Crippen molar-refractivity contribution in [2.45, 2.75) is 11.8 Å². The molecule has 4 aliphatic rings. The molecule has 2 unspecified atom stereocenters. The highest BCUT2D eigenvalue weighted by atomic mass is 35.5. The van der Waals surface area contributed by atoms with Crippen molar-refractivity contribution in [2.75, 3.05) is 7.11 Å². The Balaban J connectivity index is 1.23. The summed E-state index contributed by atoms with van der Waals surface area (Å²) in [7, 11) is 1.58. The van der Waals surface area contributed by atoms with Crippen molar-refractivity contribution in [1.82, 2.24) is 5.01 Å². The van der Waals surface area contributed by atoms with Gasteiger partial charge in [0, 0.05) is 16.9 Å². The predicted molar refractivity (Wildman–Crippen MR) is 139 cm³/mol. The molecule has 0 N–H and O–H groups in total. The molecule has 182 valence electrons. The van der Waals surface area contributed by atoms with E-state index < -0.39 is 11.8 Å². The summed E-state index contributed by atoms with van der Waals surface area (Å²) in [6.07, 6.45) is 1.41. The van der Waals surface area contributed by atoms with Gasteiger partial charge in [-0.1, -0.05) is 60.1 Å². The van der Waals surface area contributed by atoms with Crippen LogP contribution in [0.1, 0.15) is 39.8 Å². The maximum absolute atomic E-state index is 13.7. The Morgan fingerprint density at radius 1 is 0.838 bits per heavy atom. The van der Waals surface area contributed by atoms with Crippen LogP contribution in [-0.2, 0) is 9.59 Å². The van der Waals surface area contributed by atoms with E-state index in [-0.39, 0.29) is 23.7 Å². The summed E-state index contributed by atoms with van der Waals surface area (Å²) in [6.45, 7) is 0. The SMILES string of the molecule is COc1ccc(Cl)cc1-c1ccc(/C=N/N2C(=O)C3C4c5ccccc5C(c5ccccc54)C3C2=O)o1. The number of benzene rings is 3. The van der Waals surface area contributed by atoms with Gasteiger partial charge in [0.05, 0.1) is 30.7 Å². The van der Waals surface area contributed by atoms with E-state index in [2.05, 4.69) is 29.4 Å². The third kappa shape index (κ3) is 3.15. The number of hydrogen-bond donors (Lipinski definition) is 0. The number of hydrogen-bond acceptors (Lipinski definition) is 5. The van der Waals surface area contributed by atoms with Crippen molar-refractivity contribution in [3.63, 3.8) is 0 Å². The lowest BCUT2D eigenvalue weighted by Crippen LogP contribution is -2.41. The lowest BCUT2D eigenvalue weighted by molar-refractivity contribution is -0.139. The minimum absolute atomic E-state index is 0.162. The first-order valence-electron chi connectivity index (χ1n) is 12.1. The highest BCUT2D eigenvalue weighted by molar-refractivity contribution is 6.31. The monoisotopic (exact) mass is 508 g/mol. The Bertz CT molecular complexity index is 1510. The molecule has 4 aromatic rings. The molecule has 1 saturated heterocycles. The number of rotatable bonds is 4. The molecule has 0 radical (unpaired) electrons. The Labute approximate surface area is 218 Å². The van der Waals surface area contributed by atoms with E-state index in [1.165, 1.54) is 6.21 Å². The summed E-state index contributed by atoms with van der Waals surface area (Å²) in [5.74, 6) is -0.244. The van der Waals surface area contributed by atoms with Gasteiger partial charge in [0.1, 0.15) is 17.3 Å². The van der Waals surface area contributed by atoms with Crippen molar-refractivity contribution in [3.8, 4) is 17.1 Å². The third-order valence-electron chi connectivity index (χ3n) is 7.78. The van der Waals surface area contributed by atoms with Crippen molar-refractivity contribution < 1.29 is 18.7 Å². The van der Waals surface area contributed by atoms with E-state index in [0.29, 0.717) is 27.9 Å². The molecule has 1 fully saturated rings. The van der Waals surface area contributed by atoms with Gasteiger partial charge < -0.3 is 9.15 Å². The summed E-state index contributed by atoms with van der Waals surface area (Å²) in [4.78, 5) is 27.3. The molecule has 6 nitrogen and oxygen atoms in total. The fourth-order valence-corrected chi connectivity index (χ4v) is 6.50. The number of halogens is 1. The number of amides is 2. The lowest BCUT2D eigenvalue weighted by Gasteiger charge is -2.45. The van der Waals surface area contributed by atoms with Crippen LogP contribution in [0.5, 0.6) is 5.75 Å². The first-order chi connectivity index (χ1) is 18.1. The van der Waals surface area contributed by atoms with E-state index in [4.69, 9.17) is 20.8 Å². The standard InChI is InChI=1S/C30H21ClN2O4/c1-36-23-12-10-16(31)14-22(23)24-13-11-17(37-24)15-32-33-29(34)27-25-18-6-2-3-7-19(18)26(28(27)30(33)35)21-9-5-4-8-20(21)25/h2-15,25-28H,1H3/b32-15+. The van der Waals surface area contributed by atoms with Gasteiger partial charge in [-0.15, -0.1) is 0 Å². The zero-order valence-corrected chi connectivity index (χ0v) is 20.6. The second-order valence-electron chi connectivity index (χ2n) is 9.54. The first kappa shape index (κ1) is 22.1. The minimum Gasteiger partial charge on any atom is -0.496 e. The molecule has 2 amide bonds. The quantitative estimate of drug-likeness (QED) is 0.257. The Morgan fingerprint density at radius 2 is 1.41 bits per heavy atom. The van der Waals surface area contributed by atoms with Gasteiger partial charge in [-0.3, -0.25) is 9.59 Å². The lowest BCUT2D eigenvalue weighted by atomic mass is 9.55. The second-order valence-corrected chi connectivity index (χ2v) is 9.98. The third-order valence-corrected chi connectivity index (χ3v) is 8.01. The molecule has 0 spiro atoms. The van der Waals surface area contributed by atoms with Gasteiger partial charge in [-0.2, -0.15) is 10.1 Å². The molecule has 2 bridgehead atoms. The van der Waals surface area contributed by atoms with Crippen LogP contribution in [0.3, 0.4) is 0 Å². The number of carbonyl (C=O) groups excluding carboxylic acids is 2. The molecule has 3 aliphatic carbocycles. The summed E-state index contributed by atoms with van der Waals surface area (Å²) < 4.78 is 11.4. The van der Waals surface area contributed by atoms with Gasteiger partial charge in [0.2, 0.25) is 0 Å². The Kier molecular flexibility index (Phi) is 4.88. The molecule has 0 saturated carbocycles. The highest BCUT2D eigenvalue weighted by Crippen LogP contribution is 2.60. The Morgan fingerprint density at radius 3 is 1.95 bits per heavy atom. The number of imide groups is 1. The molecule has 1 aliphatic heterocycles. The number of carbonyl (C=O) groups is 2. The first-order valence-corrected chi connectivity index (χ1v) is 12.5. The summed E-state index contributed by atoms with van der Waals surface area (Å²) >= 11 is 6.16. The van der Waals surface area contributed by atoms with Crippen LogP contribution < -0.4 is 4.74 Å².